The van der Waals surface area contributed by atoms with E-state index in [0.717, 1.165) is 0 Å². The first kappa shape index (κ1) is 15.4. The number of hydrogen-bond acceptors (Lipinski definition) is 3. The van der Waals surface area contributed by atoms with Crippen molar-refractivity contribution in [2.45, 2.75) is 13.3 Å². The van der Waals surface area contributed by atoms with Crippen LogP contribution in [0.3, 0.4) is 0 Å². The third-order valence-electron chi connectivity index (χ3n) is 0.836. The zero-order valence-corrected chi connectivity index (χ0v) is 8.47. The predicted octanol–water partition coefficient (Wildman–Crippen LogP) is -1.05. The minimum absolute atomic E-state index is 0.333. The Hall–Kier alpha value is -2.11. The zero-order valence-electron chi connectivity index (χ0n) is 8.47. The first-order chi connectivity index (χ1) is 6.86. The summed E-state index contributed by atoms with van der Waals surface area (Å²) in [6.45, 7) is 1.31. The van der Waals surface area contributed by atoms with Crippen molar-refractivity contribution in [3.63, 3.8) is 0 Å². The highest BCUT2D eigenvalue weighted by Gasteiger charge is 1.81. The third-order valence-corrected chi connectivity index (χ3v) is 0.836. The Morgan fingerprint density at radius 2 is 1.20 bits per heavy atom. The van der Waals surface area contributed by atoms with Crippen molar-refractivity contribution in [1.82, 2.24) is 0 Å². The van der Waals surface area contributed by atoms with Crippen molar-refractivity contribution in [3.8, 4) is 0 Å². The van der Waals surface area contributed by atoms with Crippen LogP contribution in [0.2, 0.25) is 0 Å². The SMILES string of the molecule is CC(N)=O.NC(=O)C=CCC=CC(N)=O. The van der Waals surface area contributed by atoms with Gasteiger partial charge in [0.1, 0.15) is 0 Å². The molecule has 6 nitrogen and oxygen atoms in total. The molecule has 84 valence electrons. The van der Waals surface area contributed by atoms with Crippen molar-refractivity contribution in [1.29, 1.82) is 0 Å². The molecule has 0 saturated heterocycles. The van der Waals surface area contributed by atoms with E-state index in [9.17, 15) is 14.4 Å². The van der Waals surface area contributed by atoms with Crippen molar-refractivity contribution in [2.24, 2.45) is 17.2 Å². The van der Waals surface area contributed by atoms with E-state index in [-0.39, 0.29) is 5.91 Å². The van der Waals surface area contributed by atoms with E-state index in [4.69, 9.17) is 11.5 Å². The second-order valence-corrected chi connectivity index (χ2v) is 2.46. The predicted molar refractivity (Wildman–Crippen MR) is 56.2 cm³/mol. The standard InChI is InChI=1S/C7H10N2O2.C2H5NO/c8-6(10)4-2-1-3-5-7(9)11;1-2(3)4/h2-5H,1H2,(H2,8,10)(H2,9,11);1H3,(H2,3,4). The van der Waals surface area contributed by atoms with Crippen LogP contribution in [0.5, 0.6) is 0 Å². The number of carbonyl (C=O) groups excluding carboxylic acids is 3. The lowest BCUT2D eigenvalue weighted by atomic mass is 10.3. The number of allylic oxidation sites excluding steroid dienone is 2. The van der Waals surface area contributed by atoms with Crippen molar-refractivity contribution in [3.05, 3.63) is 24.3 Å². The summed E-state index contributed by atoms with van der Waals surface area (Å²) in [4.78, 5) is 29.5. The van der Waals surface area contributed by atoms with Gasteiger partial charge in [-0.25, -0.2) is 0 Å². The summed E-state index contributed by atoms with van der Waals surface area (Å²) in [5.74, 6) is -1.34. The summed E-state index contributed by atoms with van der Waals surface area (Å²) < 4.78 is 0. The van der Waals surface area contributed by atoms with Gasteiger partial charge < -0.3 is 17.2 Å². The molecule has 6 heteroatoms. The van der Waals surface area contributed by atoms with Gasteiger partial charge in [0.2, 0.25) is 17.7 Å². The number of primary amides is 3. The average Bonchev–Trinajstić information content (AvgIpc) is 2.01. The second-order valence-electron chi connectivity index (χ2n) is 2.46. The minimum Gasteiger partial charge on any atom is -0.370 e. The van der Waals surface area contributed by atoms with Crippen molar-refractivity contribution < 1.29 is 14.4 Å². The fraction of sp³-hybridized carbons (Fsp3) is 0.222. The minimum atomic E-state index is -0.502. The maximum absolute atomic E-state index is 10.1. The highest BCUT2D eigenvalue weighted by atomic mass is 16.1. The molecule has 0 aromatic carbocycles. The number of amides is 3. The van der Waals surface area contributed by atoms with Crippen LogP contribution < -0.4 is 17.2 Å². The normalized spacial score (nSPS) is 9.67. The van der Waals surface area contributed by atoms with Gasteiger partial charge in [-0.2, -0.15) is 0 Å². The van der Waals surface area contributed by atoms with E-state index in [1.165, 1.54) is 19.1 Å². The van der Waals surface area contributed by atoms with Gasteiger partial charge in [0.05, 0.1) is 0 Å². The lowest BCUT2D eigenvalue weighted by Crippen LogP contribution is -2.05. The summed E-state index contributed by atoms with van der Waals surface area (Å²) >= 11 is 0. The topological polar surface area (TPSA) is 129 Å². The molecule has 0 rings (SSSR count). The molecular weight excluding hydrogens is 198 g/mol. The van der Waals surface area contributed by atoms with Gasteiger partial charge in [0, 0.05) is 6.92 Å². The molecule has 0 bridgehead atoms. The van der Waals surface area contributed by atoms with E-state index < -0.39 is 11.8 Å². The Kier molecular flexibility index (Phi) is 10.2. The lowest BCUT2D eigenvalue weighted by molar-refractivity contribution is -0.116. The van der Waals surface area contributed by atoms with Crippen LogP contribution in [-0.2, 0) is 14.4 Å². The molecular formula is C9H15N3O3. The molecule has 0 aromatic rings. The fourth-order valence-electron chi connectivity index (χ4n) is 0.447. The highest BCUT2D eigenvalue weighted by Crippen LogP contribution is 1.84. The van der Waals surface area contributed by atoms with E-state index in [0.29, 0.717) is 6.42 Å². The van der Waals surface area contributed by atoms with Crippen LogP contribution >= 0.6 is 0 Å². The lowest BCUT2D eigenvalue weighted by Gasteiger charge is -1.80. The van der Waals surface area contributed by atoms with Crippen LogP contribution in [-0.4, -0.2) is 17.7 Å². The van der Waals surface area contributed by atoms with Gasteiger partial charge >= 0.3 is 0 Å². The Morgan fingerprint density at radius 1 is 0.933 bits per heavy atom. The van der Waals surface area contributed by atoms with Crippen LogP contribution in [0.4, 0.5) is 0 Å². The Morgan fingerprint density at radius 3 is 1.40 bits per heavy atom. The third kappa shape index (κ3) is 33.5. The summed E-state index contributed by atoms with van der Waals surface area (Å²) in [6, 6.07) is 0. The maximum Gasteiger partial charge on any atom is 0.241 e. The monoisotopic (exact) mass is 213 g/mol. The van der Waals surface area contributed by atoms with E-state index in [1.807, 2.05) is 0 Å². The summed E-state index contributed by atoms with van der Waals surface area (Å²) in [7, 11) is 0. The summed E-state index contributed by atoms with van der Waals surface area (Å²) in [6.07, 6.45) is 6.02. The molecule has 0 unspecified atom stereocenters. The Bertz CT molecular complexity index is 256. The van der Waals surface area contributed by atoms with Gasteiger partial charge in [0.15, 0.2) is 0 Å². The van der Waals surface area contributed by atoms with Crippen LogP contribution in [0.15, 0.2) is 24.3 Å². The molecule has 0 fully saturated rings. The molecule has 0 atom stereocenters. The second kappa shape index (κ2) is 9.97. The molecule has 0 radical (unpaired) electrons. The quantitative estimate of drug-likeness (QED) is 0.515. The van der Waals surface area contributed by atoms with Gasteiger partial charge in [-0.15, -0.1) is 0 Å². The molecule has 0 aromatic heterocycles. The van der Waals surface area contributed by atoms with Crippen molar-refractivity contribution >= 4 is 17.7 Å². The fourth-order valence-corrected chi connectivity index (χ4v) is 0.447. The number of rotatable bonds is 4. The van der Waals surface area contributed by atoms with Crippen LogP contribution in [0.1, 0.15) is 13.3 Å². The Balaban J connectivity index is 0. The van der Waals surface area contributed by atoms with Crippen molar-refractivity contribution in [2.75, 3.05) is 0 Å². The molecule has 15 heavy (non-hydrogen) atoms. The molecule has 0 heterocycles. The Labute approximate surface area is 87.8 Å². The largest absolute Gasteiger partial charge is 0.370 e. The van der Waals surface area contributed by atoms with E-state index >= 15 is 0 Å². The van der Waals surface area contributed by atoms with Gasteiger partial charge in [-0.3, -0.25) is 14.4 Å². The number of carbonyl (C=O) groups is 3. The smallest absolute Gasteiger partial charge is 0.241 e. The molecule has 6 N–H and O–H groups in total. The average molecular weight is 213 g/mol. The molecule has 0 aliphatic carbocycles. The molecule has 0 aliphatic heterocycles. The number of nitrogens with two attached hydrogens (primary N) is 3. The zero-order chi connectivity index (χ0) is 12.3. The first-order valence-corrected chi connectivity index (χ1v) is 4.04. The molecule has 0 spiro atoms. The maximum atomic E-state index is 10.1. The van der Waals surface area contributed by atoms with Gasteiger partial charge in [-0.05, 0) is 18.6 Å². The van der Waals surface area contributed by atoms with Gasteiger partial charge in [0.25, 0.3) is 0 Å². The molecule has 0 saturated carbocycles. The van der Waals surface area contributed by atoms with Crippen LogP contribution in [0, 0.1) is 0 Å². The first-order valence-electron chi connectivity index (χ1n) is 4.04. The highest BCUT2D eigenvalue weighted by molar-refractivity contribution is 5.86. The summed E-state index contributed by atoms with van der Waals surface area (Å²) in [5, 5.41) is 0. The molecule has 3 amide bonds. The van der Waals surface area contributed by atoms with E-state index in [1.54, 1.807) is 12.2 Å². The van der Waals surface area contributed by atoms with Crippen LogP contribution in [0.25, 0.3) is 0 Å². The van der Waals surface area contributed by atoms with E-state index in [2.05, 4.69) is 5.73 Å². The summed E-state index contributed by atoms with van der Waals surface area (Å²) in [5.41, 5.74) is 14.1. The number of hydrogen-bond donors (Lipinski definition) is 3. The molecule has 0 aliphatic rings. The van der Waals surface area contributed by atoms with Gasteiger partial charge in [-0.1, -0.05) is 12.2 Å².